The first-order chi connectivity index (χ1) is 29.2. The van der Waals surface area contributed by atoms with Crippen LogP contribution in [0.4, 0.5) is 0 Å². The quantitative estimate of drug-likeness (QED) is 0.0341. The predicted molar refractivity (Wildman–Crippen MR) is 202 cm³/mol. The van der Waals surface area contributed by atoms with Crippen molar-refractivity contribution in [1.29, 1.82) is 5.26 Å². The summed E-state index contributed by atoms with van der Waals surface area (Å²) in [7, 11) is 0. The zero-order valence-corrected chi connectivity index (χ0v) is 36.9. The molecule has 6 amide bonds. The summed E-state index contributed by atoms with van der Waals surface area (Å²) in [6, 6.07) is -6.80. The zero-order chi connectivity index (χ0) is 46.2. The van der Waals surface area contributed by atoms with Crippen molar-refractivity contribution in [1.82, 2.24) is 31.1 Å². The fraction of sp³-hybridized carbons (Fsp3) is 0.629. The Morgan fingerprint density at radius 3 is 2.17 bits per heavy atom. The van der Waals surface area contributed by atoms with E-state index in [0.29, 0.717) is 0 Å². The van der Waals surface area contributed by atoms with E-state index in [-0.39, 0.29) is 54.0 Å². The van der Waals surface area contributed by atoms with Crippen LogP contribution in [0.5, 0.6) is 11.5 Å². The molecule has 3 aliphatic heterocycles. The molecule has 4 rings (SSSR count). The van der Waals surface area contributed by atoms with Crippen LogP contribution in [0.1, 0.15) is 44.8 Å². The largest absolute Gasteiger partial charge is 1.00 e. The maximum absolute atomic E-state index is 14.3. The van der Waals surface area contributed by atoms with E-state index in [1.807, 2.05) is 0 Å². The number of rotatable bonds is 10. The number of phenols is 1. The third-order valence-corrected chi connectivity index (χ3v) is 10.9. The fourth-order valence-corrected chi connectivity index (χ4v) is 7.48. The summed E-state index contributed by atoms with van der Waals surface area (Å²) in [5.41, 5.74) is 5.66. The number of hydrogen-bond acceptors (Lipinski definition) is 21. The molecule has 344 valence electrons. The van der Waals surface area contributed by atoms with Gasteiger partial charge in [-0.2, -0.15) is 5.26 Å². The molecule has 1 aromatic carbocycles. The molecule has 0 aliphatic carbocycles. The maximum Gasteiger partial charge on any atom is 1.00 e. The fourth-order valence-electron chi connectivity index (χ4n) is 7.22. The second-order valence-electron chi connectivity index (χ2n) is 15.1. The van der Waals surface area contributed by atoms with Crippen LogP contribution < -0.4 is 66.0 Å². The first-order valence-corrected chi connectivity index (χ1v) is 19.7. The second-order valence-corrected chi connectivity index (χ2v) is 15.6. The van der Waals surface area contributed by atoms with Crippen molar-refractivity contribution >= 4 is 47.8 Å². The molecule has 3 aliphatic rings. The summed E-state index contributed by atoms with van der Waals surface area (Å²) in [6.45, 7) is 1.08. The van der Waals surface area contributed by atoms with E-state index in [4.69, 9.17) is 9.92 Å². The first kappa shape index (κ1) is 53.4. The van der Waals surface area contributed by atoms with Gasteiger partial charge in [0.15, 0.2) is 11.5 Å². The van der Waals surface area contributed by atoms with Crippen LogP contribution in [0.3, 0.4) is 0 Å². The normalized spacial score (nSPS) is 31.0. The van der Waals surface area contributed by atoms with Crippen molar-refractivity contribution in [3.63, 3.8) is 0 Å². The van der Waals surface area contributed by atoms with Gasteiger partial charge in [-0.05, 0) is 31.0 Å². The predicted octanol–water partition coefficient (Wildman–Crippen LogP) is -10.6. The Morgan fingerprint density at radius 1 is 0.905 bits per heavy atom. The summed E-state index contributed by atoms with van der Waals surface area (Å²) in [5, 5.41) is 119. The van der Waals surface area contributed by atoms with Crippen LogP contribution >= 0.6 is 12.3 Å². The van der Waals surface area contributed by atoms with Gasteiger partial charge in [-0.25, -0.2) is 0 Å². The number of phenolic OH excluding ortho intramolecular Hbond substituents is 1. The molecule has 3 heterocycles. The zero-order valence-electron chi connectivity index (χ0n) is 34.0. The van der Waals surface area contributed by atoms with Crippen molar-refractivity contribution in [2.75, 3.05) is 19.6 Å². The van der Waals surface area contributed by atoms with E-state index in [1.165, 1.54) is 6.92 Å². The number of β-amino-alcohol motifs (C(OH)–C–C–N with tert-alkyl or cyclic N) is 1. The number of nitriles is 1. The monoisotopic (exact) mass is 924 g/mol. The molecule has 0 saturated carbocycles. The van der Waals surface area contributed by atoms with Gasteiger partial charge < -0.3 is 87.1 Å². The minimum absolute atomic E-state index is 0. The molecule has 1 aromatic rings. The van der Waals surface area contributed by atoms with E-state index >= 15 is 0 Å². The van der Waals surface area contributed by atoms with Gasteiger partial charge in [0.25, 0.3) is 12.3 Å². The molecule has 7 unspecified atom stereocenters. The van der Waals surface area contributed by atoms with E-state index in [0.717, 1.165) is 34.9 Å². The van der Waals surface area contributed by atoms with Gasteiger partial charge in [-0.1, -0.05) is 13.0 Å². The molecule has 0 bridgehead atoms. The number of hydrogen-bond donors (Lipinski definition) is 13. The number of aliphatic hydroxyl groups excluding tert-OH is 7. The van der Waals surface area contributed by atoms with Crippen molar-refractivity contribution in [2.45, 2.75) is 112 Å². The summed E-state index contributed by atoms with van der Waals surface area (Å²) >= 11 is -0.0639. The molecule has 0 radical (unpaired) electrons. The molecular formula is C35H49N8NaO18S. The number of carbonyl (C=O) groups is 6. The van der Waals surface area contributed by atoms with Crippen molar-refractivity contribution in [3.05, 3.63) is 23.8 Å². The summed E-state index contributed by atoms with van der Waals surface area (Å²) < 4.78 is 8.94. The number of nitrogens with one attached hydrogen (secondary N) is 4. The van der Waals surface area contributed by atoms with Crippen LogP contribution in [0, 0.1) is 17.2 Å². The van der Waals surface area contributed by atoms with Gasteiger partial charge in [0.1, 0.15) is 42.4 Å². The van der Waals surface area contributed by atoms with Gasteiger partial charge in [-0.3, -0.25) is 33.8 Å². The van der Waals surface area contributed by atoms with Gasteiger partial charge >= 0.3 is 29.6 Å². The Kier molecular flexibility index (Phi) is 20.2. The molecular weight excluding hydrogens is 875 g/mol. The number of benzene rings is 1. The Bertz CT molecular complexity index is 1850. The molecule has 14 atom stereocenters. The van der Waals surface area contributed by atoms with E-state index in [9.17, 15) is 80.1 Å². The minimum Gasteiger partial charge on any atom is -0.691 e. The SMILES string of the molecule is CC(O)C1NC(=O)[C@@H](N)C[C@H](O)CNC(=O)C2[C@@H](O)C(C)CN2C(=O)[C@H]([C@H](O)CC#N)NC(=O)C([C@H](O)[C@@H](O)c2ccc(O)c(OSOO[O-])c2)NC(=O)C2CC(O)CN2C1=O.[Na+]. The third kappa shape index (κ3) is 13.1. The number of nitrogens with zero attached hydrogens (tertiary/aromatic N) is 3. The van der Waals surface area contributed by atoms with Crippen LogP contribution in [0.15, 0.2) is 18.2 Å². The van der Waals surface area contributed by atoms with Gasteiger partial charge in [-0.15, -0.1) is 4.33 Å². The number of nitrogens with two attached hydrogens (primary N) is 1. The number of fused-ring (bicyclic) bond motifs is 2. The Labute approximate surface area is 385 Å². The summed E-state index contributed by atoms with van der Waals surface area (Å²) in [5.74, 6) is -9.14. The number of amides is 6. The summed E-state index contributed by atoms with van der Waals surface area (Å²) in [4.78, 5) is 84.7. The third-order valence-electron chi connectivity index (χ3n) is 10.6. The van der Waals surface area contributed by atoms with Gasteiger partial charge in [0.2, 0.25) is 35.4 Å². The van der Waals surface area contributed by atoms with Crippen LogP contribution in [-0.4, -0.2) is 179 Å². The Morgan fingerprint density at radius 2 is 1.54 bits per heavy atom. The van der Waals surface area contributed by atoms with Gasteiger partial charge in [0, 0.05) is 32.0 Å². The average Bonchev–Trinajstić information content (AvgIpc) is 3.77. The average molecular weight is 925 g/mol. The first-order valence-electron chi connectivity index (χ1n) is 19.0. The summed E-state index contributed by atoms with van der Waals surface area (Å²) in [6.07, 6.45) is -14.7. The Balaban J connectivity index is 0.0000106. The van der Waals surface area contributed by atoms with E-state index in [2.05, 4.69) is 30.6 Å². The minimum atomic E-state index is -2.45. The standard InChI is InChI=1S/C35H50N8O18S.Na/c1-13-11-43-26(27(13)49)33(55)38-10-16(45)8-18(37)30(52)39-23(14(2)44)34(56)42-12-17(46)9-19(42)31(53)41-25(32(54)40-24(35(43)57)21(48)5-6-36)29(51)28(50)15-3-4-20(47)22(7-15)59-62-61-60-58;/h3-4,7,13-14,16-19,21,23-29,44-51,58H,5,8-12,37H2,1-2H3,(H,38,55)(H,39,52)(H,40,54)(H,41,53);/q;+1/p-1/t13?,14?,16-,17?,18-,19?,21+,23?,24-,25?,26?,27-,28-,29-;/m0./s1. The number of aliphatic hydroxyl groups is 7. The van der Waals surface area contributed by atoms with Crippen LogP contribution in [-0.2, 0) is 38.1 Å². The van der Waals surface area contributed by atoms with Crippen molar-refractivity contribution in [2.24, 2.45) is 11.7 Å². The van der Waals surface area contributed by atoms with Crippen LogP contribution in [0.2, 0.25) is 0 Å². The van der Waals surface area contributed by atoms with E-state index < -0.39 is 164 Å². The molecule has 3 saturated heterocycles. The molecule has 26 nitrogen and oxygen atoms in total. The Hall–Kier alpha value is -3.96. The molecule has 0 aromatic heterocycles. The smallest absolute Gasteiger partial charge is 0.691 e. The van der Waals surface area contributed by atoms with Crippen molar-refractivity contribution in [3.8, 4) is 17.6 Å². The number of carbonyl (C=O) groups excluding carboxylic acids is 6. The van der Waals surface area contributed by atoms with Gasteiger partial charge in [0.05, 0.1) is 49.1 Å². The molecule has 14 N–H and O–H groups in total. The van der Waals surface area contributed by atoms with Crippen LogP contribution in [0.25, 0.3) is 0 Å². The second kappa shape index (κ2) is 23.8. The van der Waals surface area contributed by atoms with E-state index in [1.54, 1.807) is 6.07 Å². The molecule has 3 fully saturated rings. The maximum atomic E-state index is 14.3. The molecule has 63 heavy (non-hydrogen) atoms. The van der Waals surface area contributed by atoms with Crippen molar-refractivity contribution < 1.29 is 118 Å². The number of aromatic hydroxyl groups is 1. The molecule has 28 heteroatoms. The molecule has 0 spiro atoms. The topological polar surface area (TPSA) is 419 Å².